The van der Waals surface area contributed by atoms with Gasteiger partial charge in [0, 0.05) is 51.3 Å². The zero-order chi connectivity index (χ0) is 63.7. The maximum Gasteiger partial charge on any atom is 0.137 e. The number of rotatable bonds is 10. The average Bonchev–Trinajstić information content (AvgIpc) is 1.68. The first kappa shape index (κ1) is 35.5. The third-order valence-corrected chi connectivity index (χ3v) is 14.6. The van der Waals surface area contributed by atoms with Gasteiger partial charge in [-0.3, -0.25) is 4.57 Å². The van der Waals surface area contributed by atoms with Crippen LogP contribution in [0.5, 0.6) is 11.5 Å². The number of ether oxygens (including phenoxy) is 1. The van der Waals surface area contributed by atoms with Crippen LogP contribution in [0.4, 0.5) is 22.7 Å². The summed E-state index contributed by atoms with van der Waals surface area (Å²) < 4.78 is 125. The Kier molecular flexibility index (Phi) is 8.84. The molecule has 0 spiro atoms. The molecule has 0 unspecified atom stereocenters. The quantitative estimate of drug-likeness (QED) is 0.137. The summed E-state index contributed by atoms with van der Waals surface area (Å²) in [5.41, 5.74) is 8.88. The molecule has 0 bridgehead atoms. The van der Waals surface area contributed by atoms with Gasteiger partial charge >= 0.3 is 0 Å². The SMILES string of the molecule is [2H]c1nc(-n2c3ccc(-c4c([2H])c([2H])c([2H])c([2H])c4[2H])cc3c3ccc(Oc4cccc(N5CN(c6c(-c7cc(C(C)(C)C)cc(C(C)(C)C)c7)cccc6-c6c([2H])c([2H])c([2H])c([2H])c6[2H])c6ccccc65)c4)cc32)c([2H])c(C(C)(C)c2ccccc2)c1[2H]. The van der Waals surface area contributed by atoms with Crippen LogP contribution in [0.25, 0.3) is 61.0 Å². The Bertz CT molecular complexity index is 4650. The molecular weight excluding hydrogens is 925 g/mol. The minimum atomic E-state index is -0.910. The molecular formula is C71H64N4O. The third kappa shape index (κ3) is 8.90. The van der Waals surface area contributed by atoms with Gasteiger partial charge in [-0.15, -0.1) is 0 Å². The van der Waals surface area contributed by atoms with E-state index in [-0.39, 0.29) is 76.9 Å². The second-order valence-corrected chi connectivity index (χ2v) is 22.0. The van der Waals surface area contributed by atoms with Crippen LogP contribution in [0.2, 0.25) is 0 Å². The fraction of sp³-hybridized carbons (Fsp3) is 0.169. The minimum Gasteiger partial charge on any atom is -0.457 e. The maximum atomic E-state index is 9.92. The van der Waals surface area contributed by atoms with Crippen molar-refractivity contribution in [1.82, 2.24) is 9.55 Å². The lowest BCUT2D eigenvalue weighted by Gasteiger charge is -2.29. The maximum absolute atomic E-state index is 9.92. The normalized spacial score (nSPS) is 15.3. The number of pyridine rings is 1. The lowest BCUT2D eigenvalue weighted by Crippen LogP contribution is -2.25. The lowest BCUT2D eigenvalue weighted by molar-refractivity contribution is 0.483. The second-order valence-electron chi connectivity index (χ2n) is 22.0. The predicted molar refractivity (Wildman–Crippen MR) is 319 cm³/mol. The first-order valence-corrected chi connectivity index (χ1v) is 25.6. The van der Waals surface area contributed by atoms with Crippen LogP contribution >= 0.6 is 0 Å². The van der Waals surface area contributed by atoms with Crippen LogP contribution in [0, 0.1) is 0 Å². The average molecular weight is 1000 g/mol. The van der Waals surface area contributed by atoms with Crippen molar-refractivity contribution in [1.29, 1.82) is 0 Å². The van der Waals surface area contributed by atoms with E-state index in [0.717, 1.165) is 44.9 Å². The van der Waals surface area contributed by atoms with Crippen molar-refractivity contribution in [3.63, 3.8) is 0 Å². The third-order valence-electron chi connectivity index (χ3n) is 14.6. The summed E-state index contributed by atoms with van der Waals surface area (Å²) in [4.78, 5) is 8.97. The van der Waals surface area contributed by atoms with Crippen LogP contribution in [-0.2, 0) is 16.2 Å². The fourth-order valence-electron chi connectivity index (χ4n) is 10.3. The predicted octanol–water partition coefficient (Wildman–Crippen LogP) is 19.1. The molecule has 12 rings (SSSR count). The molecule has 76 heavy (non-hydrogen) atoms. The van der Waals surface area contributed by atoms with E-state index in [2.05, 4.69) is 74.5 Å². The van der Waals surface area contributed by atoms with Crippen molar-refractivity contribution >= 4 is 44.6 Å². The Morgan fingerprint density at radius 1 is 0.461 bits per heavy atom. The van der Waals surface area contributed by atoms with Crippen molar-refractivity contribution in [2.45, 2.75) is 71.6 Å². The number of nitrogens with zero attached hydrogens (tertiary/aromatic N) is 4. The Balaban J connectivity index is 1.00. The topological polar surface area (TPSA) is 33.5 Å². The monoisotopic (exact) mass is 1000 g/mol. The van der Waals surface area contributed by atoms with Gasteiger partial charge in [0.1, 0.15) is 24.0 Å². The lowest BCUT2D eigenvalue weighted by atomic mass is 9.78. The fourth-order valence-corrected chi connectivity index (χ4v) is 10.3. The van der Waals surface area contributed by atoms with Crippen LogP contribution in [-0.4, -0.2) is 16.2 Å². The van der Waals surface area contributed by atoms with Gasteiger partial charge in [-0.05, 0) is 116 Å². The van der Waals surface area contributed by atoms with E-state index < -0.39 is 41.7 Å². The molecule has 0 radical (unpaired) electrons. The highest BCUT2D eigenvalue weighted by molar-refractivity contribution is 6.11. The van der Waals surface area contributed by atoms with Gasteiger partial charge in [0.25, 0.3) is 0 Å². The Labute approximate surface area is 466 Å². The number of aromatic nitrogens is 2. The molecule has 2 aromatic heterocycles. The van der Waals surface area contributed by atoms with E-state index in [1.165, 1.54) is 0 Å². The van der Waals surface area contributed by atoms with Gasteiger partial charge in [-0.2, -0.15) is 0 Å². The minimum absolute atomic E-state index is 0.0276. The first-order valence-electron chi connectivity index (χ1n) is 32.1. The molecule has 1 aliphatic rings. The number of hydrogen-bond acceptors (Lipinski definition) is 4. The Morgan fingerprint density at radius 2 is 1.09 bits per heavy atom. The van der Waals surface area contributed by atoms with Crippen LogP contribution in [0.15, 0.2) is 230 Å². The summed E-state index contributed by atoms with van der Waals surface area (Å²) in [5, 5.41) is 1.26. The highest BCUT2D eigenvalue weighted by Crippen LogP contribution is 2.51. The standard InChI is InChI=1S/C71H64N4O/c1-69(2,3)54-40-51(41-55(43-54)70(4,5)6)60-31-21-30-59(49-24-14-10-15-25-49)68(60)74-47-73(64-32-18-19-33-65(64)74)56-28-20-29-57(45-56)76-58-35-36-61-62-42-50(48-22-12-9-13-23-48)34-37-63(62)75(66(61)46-58)67-44-53(38-39-72-67)71(7,8)52-26-16-11-17-27-52/h9-46H,47H2,1-8H3/i9D,10D,12D,13D,14D,15D,22D,23D,24D,25D,38D,39D,44D. The summed E-state index contributed by atoms with van der Waals surface area (Å²) in [5.74, 6) is 0.956. The van der Waals surface area contributed by atoms with E-state index in [4.69, 9.17) is 17.1 Å². The highest BCUT2D eigenvalue weighted by Gasteiger charge is 2.33. The zero-order valence-electron chi connectivity index (χ0n) is 56.8. The molecule has 0 N–H and O–H groups in total. The van der Waals surface area contributed by atoms with Crippen molar-refractivity contribution in [2.24, 2.45) is 0 Å². The number of anilines is 4. The zero-order valence-corrected chi connectivity index (χ0v) is 43.8. The van der Waals surface area contributed by atoms with Crippen LogP contribution < -0.4 is 14.5 Å². The van der Waals surface area contributed by atoms with Gasteiger partial charge in [-0.25, -0.2) is 4.98 Å². The smallest absolute Gasteiger partial charge is 0.137 e. The summed E-state index contributed by atoms with van der Waals surface area (Å²) in [6, 6.07) is 44.0. The number of fused-ring (bicyclic) bond motifs is 4. The van der Waals surface area contributed by atoms with E-state index in [1.807, 2.05) is 129 Å². The molecule has 5 nitrogen and oxygen atoms in total. The van der Waals surface area contributed by atoms with E-state index >= 15 is 0 Å². The molecule has 0 aliphatic carbocycles. The Hall–Kier alpha value is -8.67. The van der Waals surface area contributed by atoms with Crippen molar-refractivity contribution < 1.29 is 22.6 Å². The molecule has 0 saturated carbocycles. The highest BCUT2D eigenvalue weighted by atomic mass is 16.5. The molecule has 0 saturated heterocycles. The van der Waals surface area contributed by atoms with Gasteiger partial charge in [0.2, 0.25) is 0 Å². The van der Waals surface area contributed by atoms with Crippen molar-refractivity contribution in [3.05, 3.63) is 253 Å². The molecule has 0 fully saturated rings. The summed E-state index contributed by atoms with van der Waals surface area (Å²) in [6.45, 7) is 17.2. The molecule has 0 amide bonds. The molecule has 11 aromatic rings. The van der Waals surface area contributed by atoms with Crippen LogP contribution in [0.3, 0.4) is 0 Å². The molecule has 1 aliphatic heterocycles. The molecule has 0 atom stereocenters. The molecule has 5 heteroatoms. The summed E-state index contributed by atoms with van der Waals surface area (Å²) >= 11 is 0. The van der Waals surface area contributed by atoms with Crippen LogP contribution in [0.1, 0.15) is 95.5 Å². The molecule has 9 aromatic carbocycles. The van der Waals surface area contributed by atoms with Gasteiger partial charge in [-0.1, -0.05) is 207 Å². The number of hydrogen-bond donors (Lipinski definition) is 0. The van der Waals surface area contributed by atoms with E-state index in [9.17, 15) is 5.48 Å². The second kappa shape index (κ2) is 18.9. The van der Waals surface area contributed by atoms with Gasteiger partial charge < -0.3 is 14.5 Å². The first-order chi connectivity index (χ1) is 42.1. The van der Waals surface area contributed by atoms with Crippen molar-refractivity contribution in [3.8, 4) is 50.7 Å². The van der Waals surface area contributed by atoms with E-state index in [0.29, 0.717) is 55.7 Å². The molecule has 3 heterocycles. The Morgan fingerprint density at radius 3 is 1.79 bits per heavy atom. The van der Waals surface area contributed by atoms with Gasteiger partial charge in [0.15, 0.2) is 0 Å². The van der Waals surface area contributed by atoms with Crippen molar-refractivity contribution in [2.75, 3.05) is 16.5 Å². The number of para-hydroxylation sites is 3. The summed E-state index contributed by atoms with van der Waals surface area (Å²) in [7, 11) is 0. The summed E-state index contributed by atoms with van der Waals surface area (Å²) in [6.07, 6.45) is -0.328. The molecule has 374 valence electrons. The number of benzene rings is 9. The largest absolute Gasteiger partial charge is 0.457 e. The van der Waals surface area contributed by atoms with E-state index in [1.54, 1.807) is 22.8 Å². The van der Waals surface area contributed by atoms with Gasteiger partial charge in [0.05, 0.1) is 45.9 Å².